The zero-order chi connectivity index (χ0) is 20.2. The second kappa shape index (κ2) is 8.31. The van der Waals surface area contributed by atoms with Crippen molar-refractivity contribution >= 4 is 18.0 Å². The highest BCUT2D eigenvalue weighted by molar-refractivity contribution is 6.04. The lowest BCUT2D eigenvalue weighted by Gasteiger charge is -2.11. The van der Waals surface area contributed by atoms with Gasteiger partial charge in [-0.2, -0.15) is 5.10 Å². The Kier molecular flexibility index (Phi) is 5.42. The summed E-state index contributed by atoms with van der Waals surface area (Å²) in [5.41, 5.74) is 3.89. The predicted octanol–water partition coefficient (Wildman–Crippen LogP) is 3.35. The van der Waals surface area contributed by atoms with Crippen LogP contribution in [0.2, 0.25) is 0 Å². The van der Waals surface area contributed by atoms with Crippen LogP contribution in [0.5, 0.6) is 5.75 Å². The number of aryl methyl sites for hydroxylation is 3. The first-order valence-electron chi connectivity index (χ1n) is 9.75. The molecule has 2 heterocycles. The Hall–Kier alpha value is -3.41. The van der Waals surface area contributed by atoms with Crippen molar-refractivity contribution in [3.05, 3.63) is 77.0 Å². The molecule has 29 heavy (non-hydrogen) atoms. The fourth-order valence-electron chi connectivity index (χ4n) is 3.67. The SMILES string of the molecule is Cn1ccc(NC(=O)c2cc(CCCc3ccccc3)c3c(c2)OC(C=O)C3)n1. The number of ether oxygens (including phenoxy) is 1. The van der Waals surface area contributed by atoms with E-state index in [2.05, 4.69) is 22.5 Å². The van der Waals surface area contributed by atoms with Crippen molar-refractivity contribution in [1.29, 1.82) is 0 Å². The number of aldehydes is 1. The molecule has 3 aromatic rings. The fourth-order valence-corrected chi connectivity index (χ4v) is 3.67. The van der Waals surface area contributed by atoms with Gasteiger partial charge in [0.25, 0.3) is 5.91 Å². The van der Waals surface area contributed by atoms with E-state index < -0.39 is 6.10 Å². The third kappa shape index (κ3) is 4.37. The topological polar surface area (TPSA) is 73.2 Å². The Bertz CT molecular complexity index is 1030. The predicted molar refractivity (Wildman–Crippen MR) is 110 cm³/mol. The van der Waals surface area contributed by atoms with E-state index in [0.717, 1.165) is 36.7 Å². The third-order valence-electron chi connectivity index (χ3n) is 5.11. The summed E-state index contributed by atoms with van der Waals surface area (Å²) in [5, 5.41) is 7.00. The Balaban J connectivity index is 1.54. The van der Waals surface area contributed by atoms with E-state index in [1.165, 1.54) is 5.56 Å². The van der Waals surface area contributed by atoms with Gasteiger partial charge in [0.2, 0.25) is 0 Å². The minimum Gasteiger partial charge on any atom is -0.482 e. The molecule has 1 aliphatic rings. The minimum absolute atomic E-state index is 0.242. The Morgan fingerprint density at radius 3 is 2.79 bits per heavy atom. The lowest BCUT2D eigenvalue weighted by molar-refractivity contribution is -0.113. The molecule has 1 aliphatic heterocycles. The molecule has 0 saturated carbocycles. The summed E-state index contributed by atoms with van der Waals surface area (Å²) in [6.07, 6.45) is 5.39. The highest BCUT2D eigenvalue weighted by atomic mass is 16.5. The maximum Gasteiger partial charge on any atom is 0.257 e. The lowest BCUT2D eigenvalue weighted by atomic mass is 9.95. The summed E-state index contributed by atoms with van der Waals surface area (Å²) in [7, 11) is 1.79. The number of rotatable bonds is 7. The van der Waals surface area contributed by atoms with E-state index in [-0.39, 0.29) is 5.91 Å². The van der Waals surface area contributed by atoms with Gasteiger partial charge < -0.3 is 10.1 Å². The molecule has 148 valence electrons. The molecule has 0 bridgehead atoms. The lowest BCUT2D eigenvalue weighted by Crippen LogP contribution is -2.14. The minimum atomic E-state index is -0.480. The van der Waals surface area contributed by atoms with Crippen LogP contribution in [0.3, 0.4) is 0 Å². The first kappa shape index (κ1) is 18.9. The first-order valence-corrected chi connectivity index (χ1v) is 9.75. The van der Waals surface area contributed by atoms with Crippen molar-refractivity contribution in [2.24, 2.45) is 7.05 Å². The molecule has 0 spiro atoms. The van der Waals surface area contributed by atoms with Gasteiger partial charge >= 0.3 is 0 Å². The van der Waals surface area contributed by atoms with Crippen LogP contribution < -0.4 is 10.1 Å². The molecular weight excluding hydrogens is 366 g/mol. The van der Waals surface area contributed by atoms with Gasteiger partial charge in [-0.15, -0.1) is 0 Å². The van der Waals surface area contributed by atoms with Crippen molar-refractivity contribution in [1.82, 2.24) is 9.78 Å². The number of anilines is 1. The molecule has 6 heteroatoms. The number of aromatic nitrogens is 2. The van der Waals surface area contributed by atoms with Crippen LogP contribution >= 0.6 is 0 Å². The Morgan fingerprint density at radius 2 is 2.07 bits per heavy atom. The Morgan fingerprint density at radius 1 is 1.24 bits per heavy atom. The standard InChI is InChI=1S/C23H23N3O3/c1-26-11-10-22(25-26)24-23(28)18-12-17(9-5-8-16-6-3-2-4-7-16)20-14-19(15-27)29-21(20)13-18/h2-4,6-7,10-13,15,19H,5,8-9,14H2,1H3,(H,24,25,28). The van der Waals surface area contributed by atoms with Crippen LogP contribution in [-0.4, -0.2) is 28.1 Å². The maximum atomic E-state index is 12.7. The molecule has 1 N–H and O–H groups in total. The molecule has 4 rings (SSSR count). The van der Waals surface area contributed by atoms with Crippen LogP contribution in [0, 0.1) is 0 Å². The molecule has 6 nitrogen and oxygen atoms in total. The van der Waals surface area contributed by atoms with Gasteiger partial charge in [-0.3, -0.25) is 14.3 Å². The molecular formula is C23H23N3O3. The van der Waals surface area contributed by atoms with E-state index in [1.54, 1.807) is 30.1 Å². The zero-order valence-corrected chi connectivity index (χ0v) is 16.3. The summed E-state index contributed by atoms with van der Waals surface area (Å²) in [6, 6.07) is 15.7. The molecule has 1 atom stereocenters. The fraction of sp³-hybridized carbons (Fsp3) is 0.261. The first-order chi connectivity index (χ1) is 14.1. The van der Waals surface area contributed by atoms with E-state index in [4.69, 9.17) is 4.74 Å². The maximum absolute atomic E-state index is 12.7. The molecule has 0 aliphatic carbocycles. The molecule has 1 amide bonds. The number of amides is 1. The van der Waals surface area contributed by atoms with Crippen molar-refractivity contribution in [3.8, 4) is 5.75 Å². The quantitative estimate of drug-likeness (QED) is 0.629. The van der Waals surface area contributed by atoms with Crippen LogP contribution in [0.1, 0.15) is 33.5 Å². The van der Waals surface area contributed by atoms with Crippen LogP contribution in [0.25, 0.3) is 0 Å². The summed E-state index contributed by atoms with van der Waals surface area (Å²) in [4.78, 5) is 24.0. The Labute approximate surface area is 169 Å². The summed E-state index contributed by atoms with van der Waals surface area (Å²) in [6.45, 7) is 0. The van der Waals surface area contributed by atoms with Gasteiger partial charge in [-0.1, -0.05) is 30.3 Å². The molecule has 0 saturated heterocycles. The summed E-state index contributed by atoms with van der Waals surface area (Å²) >= 11 is 0. The molecule has 0 fully saturated rings. The average molecular weight is 389 g/mol. The smallest absolute Gasteiger partial charge is 0.257 e. The normalized spacial score (nSPS) is 14.9. The number of hydrogen-bond acceptors (Lipinski definition) is 4. The average Bonchev–Trinajstić information content (AvgIpc) is 3.34. The second-order valence-corrected chi connectivity index (χ2v) is 7.28. The van der Waals surface area contributed by atoms with Gasteiger partial charge in [0.1, 0.15) is 5.75 Å². The monoisotopic (exact) mass is 389 g/mol. The highest BCUT2D eigenvalue weighted by Crippen LogP contribution is 2.34. The summed E-state index contributed by atoms with van der Waals surface area (Å²) < 4.78 is 7.37. The number of hydrogen-bond donors (Lipinski definition) is 1. The van der Waals surface area contributed by atoms with E-state index in [0.29, 0.717) is 23.6 Å². The van der Waals surface area contributed by atoms with Gasteiger partial charge in [-0.05, 0) is 42.5 Å². The van der Waals surface area contributed by atoms with Gasteiger partial charge in [0, 0.05) is 36.9 Å². The number of nitrogens with one attached hydrogen (secondary N) is 1. The number of carbonyl (C=O) groups excluding carboxylic acids is 2. The molecule has 2 aromatic carbocycles. The highest BCUT2D eigenvalue weighted by Gasteiger charge is 2.26. The number of fused-ring (bicyclic) bond motifs is 1. The zero-order valence-electron chi connectivity index (χ0n) is 16.3. The number of carbonyl (C=O) groups is 2. The van der Waals surface area contributed by atoms with Crippen molar-refractivity contribution < 1.29 is 14.3 Å². The summed E-state index contributed by atoms with van der Waals surface area (Å²) in [5.74, 6) is 0.884. The van der Waals surface area contributed by atoms with Gasteiger partial charge in [0.15, 0.2) is 18.2 Å². The largest absolute Gasteiger partial charge is 0.482 e. The van der Waals surface area contributed by atoms with E-state index in [1.807, 2.05) is 24.3 Å². The second-order valence-electron chi connectivity index (χ2n) is 7.28. The number of benzene rings is 2. The van der Waals surface area contributed by atoms with Gasteiger partial charge in [0.05, 0.1) is 0 Å². The van der Waals surface area contributed by atoms with E-state index in [9.17, 15) is 9.59 Å². The van der Waals surface area contributed by atoms with E-state index >= 15 is 0 Å². The van der Waals surface area contributed by atoms with Crippen molar-refractivity contribution in [2.45, 2.75) is 31.8 Å². The van der Waals surface area contributed by atoms with Crippen LogP contribution in [-0.2, 0) is 31.1 Å². The van der Waals surface area contributed by atoms with Crippen molar-refractivity contribution in [2.75, 3.05) is 5.32 Å². The molecule has 0 radical (unpaired) electrons. The number of nitrogens with zero attached hydrogens (tertiary/aromatic N) is 2. The molecule has 1 aromatic heterocycles. The van der Waals surface area contributed by atoms with Crippen LogP contribution in [0.4, 0.5) is 5.82 Å². The van der Waals surface area contributed by atoms with Crippen LogP contribution in [0.15, 0.2) is 54.7 Å². The third-order valence-corrected chi connectivity index (χ3v) is 5.11. The van der Waals surface area contributed by atoms with Crippen molar-refractivity contribution in [3.63, 3.8) is 0 Å². The molecule has 1 unspecified atom stereocenters. The van der Waals surface area contributed by atoms with Gasteiger partial charge in [-0.25, -0.2) is 0 Å².